The van der Waals surface area contributed by atoms with Crippen LogP contribution >= 0.6 is 38.9 Å². The molecule has 1 unspecified atom stereocenters. The van der Waals surface area contributed by atoms with Crippen LogP contribution in [-0.2, 0) is 0 Å². The predicted octanol–water partition coefficient (Wildman–Crippen LogP) is 4.61. The Balaban J connectivity index is 2.29. The van der Waals surface area contributed by atoms with Gasteiger partial charge in [0, 0.05) is 4.88 Å². The smallest absolute Gasteiger partial charge is 0.133 e. The zero-order valence-electron chi connectivity index (χ0n) is 9.82. The first-order chi connectivity index (χ1) is 8.63. The summed E-state index contributed by atoms with van der Waals surface area (Å²) in [6.45, 7) is 2.60. The van der Waals surface area contributed by atoms with Crippen molar-refractivity contribution in [2.45, 2.75) is 13.0 Å². The van der Waals surface area contributed by atoms with Crippen molar-refractivity contribution in [1.29, 1.82) is 0 Å². The minimum atomic E-state index is -0.204. The van der Waals surface area contributed by atoms with Gasteiger partial charge in [-0.3, -0.25) is 0 Å². The molecular weight excluding hydrogens is 334 g/mol. The van der Waals surface area contributed by atoms with E-state index in [4.69, 9.17) is 22.1 Å². The largest absolute Gasteiger partial charge is 0.493 e. The number of hydrogen-bond donors (Lipinski definition) is 1. The molecule has 1 aromatic carbocycles. The molecule has 0 amide bonds. The van der Waals surface area contributed by atoms with Crippen LogP contribution in [-0.4, -0.2) is 6.61 Å². The number of benzene rings is 1. The minimum Gasteiger partial charge on any atom is -0.493 e. The van der Waals surface area contributed by atoms with Crippen LogP contribution in [0, 0.1) is 0 Å². The molecule has 1 atom stereocenters. The third kappa shape index (κ3) is 2.88. The number of ether oxygens (including phenoxy) is 1. The molecule has 96 valence electrons. The van der Waals surface area contributed by atoms with Gasteiger partial charge in [0.15, 0.2) is 0 Å². The molecule has 5 heteroatoms. The summed E-state index contributed by atoms with van der Waals surface area (Å²) < 4.78 is 6.38. The number of rotatable bonds is 4. The monoisotopic (exact) mass is 345 g/mol. The zero-order chi connectivity index (χ0) is 13.1. The molecule has 0 aliphatic heterocycles. The van der Waals surface area contributed by atoms with Crippen LogP contribution in [0.1, 0.15) is 23.4 Å². The fourth-order valence-corrected chi connectivity index (χ4v) is 3.38. The van der Waals surface area contributed by atoms with Gasteiger partial charge in [-0.15, -0.1) is 11.3 Å². The van der Waals surface area contributed by atoms with E-state index in [0.717, 1.165) is 25.7 Å². The highest BCUT2D eigenvalue weighted by Gasteiger charge is 2.15. The van der Waals surface area contributed by atoms with Crippen LogP contribution in [0.5, 0.6) is 5.75 Å². The first kappa shape index (κ1) is 13.9. The highest BCUT2D eigenvalue weighted by Crippen LogP contribution is 2.34. The molecule has 0 radical (unpaired) electrons. The summed E-state index contributed by atoms with van der Waals surface area (Å²) >= 11 is 11.2. The maximum atomic E-state index is 6.22. The Labute approximate surface area is 124 Å². The molecule has 2 nitrogen and oxygen atoms in total. The number of hydrogen-bond acceptors (Lipinski definition) is 3. The summed E-state index contributed by atoms with van der Waals surface area (Å²) in [6, 6.07) is 7.53. The first-order valence-corrected chi connectivity index (χ1v) is 7.59. The number of halogens is 2. The fraction of sp³-hybridized carbons (Fsp3) is 0.231. The Morgan fingerprint density at radius 2 is 2.22 bits per heavy atom. The number of thiophene rings is 1. The lowest BCUT2D eigenvalue weighted by atomic mass is 10.1. The summed E-state index contributed by atoms with van der Waals surface area (Å²) in [7, 11) is 0. The average molecular weight is 347 g/mol. The van der Waals surface area contributed by atoms with E-state index in [-0.39, 0.29) is 6.04 Å². The maximum absolute atomic E-state index is 6.22. The van der Waals surface area contributed by atoms with E-state index in [0.29, 0.717) is 6.61 Å². The molecule has 0 fully saturated rings. The van der Waals surface area contributed by atoms with Gasteiger partial charge in [-0.1, -0.05) is 17.7 Å². The van der Waals surface area contributed by atoms with Crippen molar-refractivity contribution in [3.63, 3.8) is 0 Å². The molecular formula is C13H13BrClNOS. The standard InChI is InChI=1S/C13H13BrClNOS/c1-2-17-11-4-3-8(7-9(11)14)12(16)13-10(15)5-6-18-13/h3-7,12H,2,16H2,1H3. The summed E-state index contributed by atoms with van der Waals surface area (Å²) in [6.07, 6.45) is 0. The van der Waals surface area contributed by atoms with Gasteiger partial charge in [-0.2, -0.15) is 0 Å². The van der Waals surface area contributed by atoms with Crippen molar-refractivity contribution < 1.29 is 4.74 Å². The van der Waals surface area contributed by atoms with Crippen LogP contribution in [0.15, 0.2) is 34.1 Å². The lowest BCUT2D eigenvalue weighted by Gasteiger charge is -2.13. The van der Waals surface area contributed by atoms with E-state index < -0.39 is 0 Å². The van der Waals surface area contributed by atoms with E-state index >= 15 is 0 Å². The molecule has 2 N–H and O–H groups in total. The lowest BCUT2D eigenvalue weighted by Crippen LogP contribution is -2.10. The summed E-state index contributed by atoms with van der Waals surface area (Å²) in [4.78, 5) is 0.979. The van der Waals surface area contributed by atoms with Crippen molar-refractivity contribution in [2.24, 2.45) is 5.73 Å². The quantitative estimate of drug-likeness (QED) is 0.877. The molecule has 0 saturated heterocycles. The third-order valence-corrected chi connectivity index (χ3v) is 4.60. The van der Waals surface area contributed by atoms with Crippen molar-refractivity contribution in [1.82, 2.24) is 0 Å². The van der Waals surface area contributed by atoms with Gasteiger partial charge in [0.2, 0.25) is 0 Å². The SMILES string of the molecule is CCOc1ccc(C(N)c2sccc2Cl)cc1Br. The van der Waals surface area contributed by atoms with Gasteiger partial charge < -0.3 is 10.5 Å². The van der Waals surface area contributed by atoms with Crippen LogP contribution < -0.4 is 10.5 Å². The lowest BCUT2D eigenvalue weighted by molar-refractivity contribution is 0.338. The molecule has 0 saturated carbocycles. The Kier molecular flexibility index (Phi) is 4.67. The highest BCUT2D eigenvalue weighted by molar-refractivity contribution is 9.10. The Hall–Kier alpha value is -0.550. The van der Waals surface area contributed by atoms with Crippen molar-refractivity contribution in [3.8, 4) is 5.75 Å². The van der Waals surface area contributed by atoms with Crippen molar-refractivity contribution >= 4 is 38.9 Å². The fourth-order valence-electron chi connectivity index (χ4n) is 1.66. The maximum Gasteiger partial charge on any atom is 0.133 e. The second-order valence-electron chi connectivity index (χ2n) is 3.73. The van der Waals surface area contributed by atoms with Gasteiger partial charge in [-0.05, 0) is 52.0 Å². The van der Waals surface area contributed by atoms with E-state index in [2.05, 4.69) is 15.9 Å². The first-order valence-electron chi connectivity index (χ1n) is 5.54. The number of nitrogens with two attached hydrogens (primary N) is 1. The average Bonchev–Trinajstić information content (AvgIpc) is 2.77. The molecule has 0 bridgehead atoms. The summed E-state index contributed by atoms with van der Waals surface area (Å²) in [5.74, 6) is 0.825. The molecule has 2 aromatic rings. The van der Waals surface area contributed by atoms with E-state index in [1.54, 1.807) is 11.3 Å². The summed E-state index contributed by atoms with van der Waals surface area (Å²) in [5.41, 5.74) is 7.23. The predicted molar refractivity (Wildman–Crippen MR) is 80.7 cm³/mol. The Morgan fingerprint density at radius 3 is 2.78 bits per heavy atom. The van der Waals surface area contributed by atoms with Crippen molar-refractivity contribution in [3.05, 3.63) is 49.6 Å². The molecule has 0 spiro atoms. The topological polar surface area (TPSA) is 35.2 Å². The normalized spacial score (nSPS) is 12.4. The highest BCUT2D eigenvalue weighted by atomic mass is 79.9. The van der Waals surface area contributed by atoms with Crippen LogP contribution in [0.25, 0.3) is 0 Å². The molecule has 0 aliphatic carbocycles. The van der Waals surface area contributed by atoms with Gasteiger partial charge in [0.1, 0.15) is 5.75 Å². The minimum absolute atomic E-state index is 0.204. The summed E-state index contributed by atoms with van der Waals surface area (Å²) in [5, 5.41) is 2.67. The van der Waals surface area contributed by atoms with Gasteiger partial charge >= 0.3 is 0 Å². The van der Waals surface area contributed by atoms with Gasteiger partial charge in [0.25, 0.3) is 0 Å². The Morgan fingerprint density at radius 1 is 1.44 bits per heavy atom. The molecule has 0 aliphatic rings. The molecule has 1 aromatic heterocycles. The van der Waals surface area contributed by atoms with E-state index in [9.17, 15) is 0 Å². The second-order valence-corrected chi connectivity index (χ2v) is 5.94. The van der Waals surface area contributed by atoms with Gasteiger partial charge in [-0.25, -0.2) is 0 Å². The molecule has 18 heavy (non-hydrogen) atoms. The van der Waals surface area contributed by atoms with Crippen molar-refractivity contribution in [2.75, 3.05) is 6.61 Å². The Bertz CT molecular complexity index is 544. The third-order valence-electron chi connectivity index (χ3n) is 2.54. The van der Waals surface area contributed by atoms with Gasteiger partial charge in [0.05, 0.1) is 22.1 Å². The second kappa shape index (κ2) is 6.06. The molecule has 1 heterocycles. The van der Waals surface area contributed by atoms with E-state index in [1.807, 2.05) is 36.6 Å². The van der Waals surface area contributed by atoms with E-state index in [1.165, 1.54) is 0 Å². The van der Waals surface area contributed by atoms with Crippen LogP contribution in [0.4, 0.5) is 0 Å². The zero-order valence-corrected chi connectivity index (χ0v) is 13.0. The van der Waals surface area contributed by atoms with Crippen LogP contribution in [0.2, 0.25) is 5.02 Å². The molecule has 2 rings (SSSR count). The van der Waals surface area contributed by atoms with Crippen LogP contribution in [0.3, 0.4) is 0 Å².